The van der Waals surface area contributed by atoms with Crippen LogP contribution in [-0.4, -0.2) is 31.0 Å². The lowest BCUT2D eigenvalue weighted by atomic mass is 9.82. The van der Waals surface area contributed by atoms with Crippen molar-refractivity contribution in [1.82, 2.24) is 0 Å². The van der Waals surface area contributed by atoms with Gasteiger partial charge in [-0.15, -0.1) is 0 Å². The van der Waals surface area contributed by atoms with Gasteiger partial charge in [0.1, 0.15) is 0 Å². The van der Waals surface area contributed by atoms with Crippen molar-refractivity contribution in [2.75, 3.05) is 11.5 Å². The van der Waals surface area contributed by atoms with E-state index >= 15 is 0 Å². The number of carbonyl (C=O) groups is 1. The zero-order valence-electron chi connectivity index (χ0n) is 11.2. The molecular weight excluding hydrogens is 252 g/mol. The van der Waals surface area contributed by atoms with Crippen molar-refractivity contribution in [3.05, 3.63) is 0 Å². The van der Waals surface area contributed by atoms with Crippen LogP contribution in [-0.2, 0) is 14.6 Å². The third-order valence-corrected chi connectivity index (χ3v) is 5.67. The molecule has 0 spiro atoms. The maximum absolute atomic E-state index is 11.5. The molecule has 0 aliphatic carbocycles. The Balaban J connectivity index is 2.39. The molecule has 1 saturated heterocycles. The summed E-state index contributed by atoms with van der Waals surface area (Å²) < 4.78 is 22.9. The minimum atomic E-state index is -3.13. The lowest BCUT2D eigenvalue weighted by Crippen LogP contribution is -2.32. The Hall–Kier alpha value is -0.580. The van der Waals surface area contributed by atoms with Gasteiger partial charge in [0.05, 0.1) is 16.9 Å². The summed E-state index contributed by atoms with van der Waals surface area (Å²) in [5, 5.41) is 9.27. The van der Waals surface area contributed by atoms with E-state index in [1.54, 1.807) is 0 Å². The van der Waals surface area contributed by atoms with Crippen molar-refractivity contribution >= 4 is 15.8 Å². The highest BCUT2D eigenvalue weighted by atomic mass is 32.2. The molecule has 0 radical (unpaired) electrons. The van der Waals surface area contributed by atoms with E-state index in [9.17, 15) is 18.3 Å². The summed E-state index contributed by atoms with van der Waals surface area (Å²) in [5.41, 5.74) is -0.996. The van der Waals surface area contributed by atoms with Crippen LogP contribution in [0.4, 0.5) is 0 Å². The number of carboxylic acid groups (broad SMARTS) is 1. The monoisotopic (exact) mass is 276 g/mol. The first-order chi connectivity index (χ1) is 8.42. The van der Waals surface area contributed by atoms with E-state index in [2.05, 4.69) is 6.92 Å². The smallest absolute Gasteiger partial charge is 0.310 e. The van der Waals surface area contributed by atoms with Crippen LogP contribution in [0.5, 0.6) is 0 Å². The van der Waals surface area contributed by atoms with Crippen LogP contribution in [0.1, 0.15) is 58.3 Å². The zero-order valence-corrected chi connectivity index (χ0v) is 12.0. The molecule has 4 nitrogen and oxygen atoms in total. The molecule has 5 heteroatoms. The van der Waals surface area contributed by atoms with Crippen molar-refractivity contribution in [2.45, 2.75) is 58.3 Å². The van der Waals surface area contributed by atoms with Gasteiger partial charge in [0.2, 0.25) is 0 Å². The first-order valence-corrected chi connectivity index (χ1v) is 8.68. The fourth-order valence-electron chi connectivity index (χ4n) is 2.63. The quantitative estimate of drug-likeness (QED) is 0.692. The van der Waals surface area contributed by atoms with Crippen LogP contribution < -0.4 is 0 Å². The molecule has 1 rings (SSSR count). The highest BCUT2D eigenvalue weighted by Crippen LogP contribution is 2.37. The number of hydrogen-bond donors (Lipinski definition) is 1. The van der Waals surface area contributed by atoms with Crippen molar-refractivity contribution in [3.63, 3.8) is 0 Å². The number of sulfone groups is 1. The Morgan fingerprint density at radius 3 is 2.28 bits per heavy atom. The number of hydrogen-bond acceptors (Lipinski definition) is 3. The fourth-order valence-corrected chi connectivity index (χ4v) is 4.73. The number of unbranched alkanes of at least 4 members (excludes halogenated alkanes) is 5. The van der Waals surface area contributed by atoms with Crippen molar-refractivity contribution < 1.29 is 18.3 Å². The van der Waals surface area contributed by atoms with E-state index in [4.69, 9.17) is 0 Å². The largest absolute Gasteiger partial charge is 0.481 e. The molecule has 18 heavy (non-hydrogen) atoms. The van der Waals surface area contributed by atoms with Crippen molar-refractivity contribution in [2.24, 2.45) is 5.41 Å². The van der Waals surface area contributed by atoms with E-state index in [-0.39, 0.29) is 11.5 Å². The van der Waals surface area contributed by atoms with E-state index < -0.39 is 21.2 Å². The molecule has 0 amide bonds. The van der Waals surface area contributed by atoms with E-state index in [0.717, 1.165) is 19.3 Å². The summed E-state index contributed by atoms with van der Waals surface area (Å²) in [7, 11) is -3.13. The van der Waals surface area contributed by atoms with Gasteiger partial charge in [-0.1, -0.05) is 45.4 Å². The third kappa shape index (κ3) is 4.26. The highest BCUT2D eigenvalue weighted by molar-refractivity contribution is 7.91. The summed E-state index contributed by atoms with van der Waals surface area (Å²) in [6, 6.07) is 0. The predicted octanol–water partition coefficient (Wildman–Crippen LogP) is 2.63. The molecule has 106 valence electrons. The average molecular weight is 276 g/mol. The molecule has 1 fully saturated rings. The van der Waals surface area contributed by atoms with Crippen LogP contribution >= 0.6 is 0 Å². The molecule has 0 aromatic carbocycles. The number of rotatable bonds is 8. The average Bonchev–Trinajstić information content (AvgIpc) is 2.61. The number of aliphatic carboxylic acids is 1. The van der Waals surface area contributed by atoms with Gasteiger partial charge in [0.25, 0.3) is 0 Å². The molecule has 1 atom stereocenters. The van der Waals surface area contributed by atoms with Gasteiger partial charge >= 0.3 is 5.97 Å². The molecule has 1 heterocycles. The summed E-state index contributed by atoms with van der Waals surface area (Å²) in [6.45, 7) is 2.16. The Kier molecular flexibility index (Phi) is 5.63. The van der Waals surface area contributed by atoms with Crippen LogP contribution in [0.2, 0.25) is 0 Å². The van der Waals surface area contributed by atoms with E-state index in [1.165, 1.54) is 19.3 Å². The molecule has 0 aromatic heterocycles. The zero-order chi connectivity index (χ0) is 13.6. The van der Waals surface area contributed by atoms with Gasteiger partial charge in [0.15, 0.2) is 9.84 Å². The lowest BCUT2D eigenvalue weighted by molar-refractivity contribution is -0.147. The second kappa shape index (κ2) is 6.55. The Morgan fingerprint density at radius 2 is 1.78 bits per heavy atom. The van der Waals surface area contributed by atoms with Gasteiger partial charge in [-0.2, -0.15) is 0 Å². The molecule has 1 unspecified atom stereocenters. The van der Waals surface area contributed by atoms with E-state index in [0.29, 0.717) is 12.8 Å². The molecule has 0 saturated carbocycles. The van der Waals surface area contributed by atoms with Crippen molar-refractivity contribution in [1.29, 1.82) is 0 Å². The van der Waals surface area contributed by atoms with Gasteiger partial charge in [0, 0.05) is 0 Å². The predicted molar refractivity (Wildman–Crippen MR) is 71.3 cm³/mol. The summed E-state index contributed by atoms with van der Waals surface area (Å²) in [4.78, 5) is 11.3. The first kappa shape index (κ1) is 15.5. The highest BCUT2D eigenvalue weighted by Gasteiger charge is 2.47. The maximum atomic E-state index is 11.5. The van der Waals surface area contributed by atoms with Crippen LogP contribution in [0, 0.1) is 5.41 Å². The Bertz CT molecular complexity index is 374. The first-order valence-electron chi connectivity index (χ1n) is 6.86. The Labute approximate surface area is 110 Å². The Morgan fingerprint density at radius 1 is 1.17 bits per heavy atom. The molecule has 1 aliphatic heterocycles. The molecule has 1 aliphatic rings. The van der Waals surface area contributed by atoms with Crippen LogP contribution in [0.3, 0.4) is 0 Å². The minimum absolute atomic E-state index is 0.0368. The second-order valence-corrected chi connectivity index (χ2v) is 7.63. The maximum Gasteiger partial charge on any atom is 0.310 e. The fraction of sp³-hybridized carbons (Fsp3) is 0.923. The van der Waals surface area contributed by atoms with Crippen molar-refractivity contribution in [3.8, 4) is 0 Å². The van der Waals surface area contributed by atoms with Gasteiger partial charge in [-0.25, -0.2) is 8.42 Å². The van der Waals surface area contributed by atoms with Crippen LogP contribution in [0.25, 0.3) is 0 Å². The minimum Gasteiger partial charge on any atom is -0.481 e. The second-order valence-electron chi connectivity index (χ2n) is 5.45. The van der Waals surface area contributed by atoms with Gasteiger partial charge in [-0.3, -0.25) is 4.79 Å². The third-order valence-electron chi connectivity index (χ3n) is 3.85. The topological polar surface area (TPSA) is 71.4 Å². The summed E-state index contributed by atoms with van der Waals surface area (Å²) in [5.74, 6) is -1.06. The molecule has 1 N–H and O–H groups in total. The standard InChI is InChI=1S/C13H24O4S/c1-2-3-4-5-6-7-8-13(12(14)15)9-10-18(16,17)11-13/h2-11H2,1H3,(H,14,15). The molecule has 0 bridgehead atoms. The molecular formula is C13H24O4S. The summed E-state index contributed by atoms with van der Waals surface area (Å²) in [6.07, 6.45) is 7.36. The SMILES string of the molecule is CCCCCCCCC1(C(=O)O)CCS(=O)(=O)C1. The van der Waals surface area contributed by atoms with Crippen LogP contribution in [0.15, 0.2) is 0 Å². The summed E-state index contributed by atoms with van der Waals surface area (Å²) >= 11 is 0. The number of carboxylic acids is 1. The van der Waals surface area contributed by atoms with Gasteiger partial charge < -0.3 is 5.11 Å². The molecule has 0 aromatic rings. The van der Waals surface area contributed by atoms with Gasteiger partial charge in [-0.05, 0) is 12.8 Å². The lowest BCUT2D eigenvalue weighted by Gasteiger charge is -2.22. The van der Waals surface area contributed by atoms with E-state index in [1.807, 2.05) is 0 Å². The normalized spacial score (nSPS) is 26.3.